The monoisotopic (exact) mass is 503 g/mol. The molecule has 192 valence electrons. The standard InChI is InChI=1S/C26H37N3O5S/c1-7-20(4)27-26(31)21(5)28(17-22-14-10-9-13-19(22)3)25(30)18-29(35(6,32)33)23-15-11-12-16-24(23)34-8-2/h9-16,20-21H,7-8,17-18H2,1-6H3,(H,27,31)/t20-,21+/m1/s1. The van der Waals surface area contributed by atoms with Crippen molar-refractivity contribution < 1.29 is 22.7 Å². The molecule has 0 bridgehead atoms. The first kappa shape index (κ1) is 28.2. The molecule has 1 N–H and O–H groups in total. The van der Waals surface area contributed by atoms with Crippen LogP contribution in [-0.4, -0.2) is 56.6 Å². The van der Waals surface area contributed by atoms with Crippen molar-refractivity contribution in [2.24, 2.45) is 0 Å². The Kier molecular flexibility index (Phi) is 10.1. The summed E-state index contributed by atoms with van der Waals surface area (Å²) in [5, 5.41) is 2.92. The number of hydrogen-bond donors (Lipinski definition) is 1. The molecule has 2 amide bonds. The van der Waals surface area contributed by atoms with Gasteiger partial charge in [0.05, 0.1) is 18.6 Å². The van der Waals surface area contributed by atoms with E-state index < -0.39 is 28.5 Å². The van der Waals surface area contributed by atoms with Gasteiger partial charge in [0.1, 0.15) is 18.3 Å². The Labute approximate surface area is 209 Å². The third-order valence-corrected chi connectivity index (χ3v) is 7.01. The third kappa shape index (κ3) is 7.71. The van der Waals surface area contributed by atoms with Crippen molar-refractivity contribution in [2.75, 3.05) is 23.7 Å². The lowest BCUT2D eigenvalue weighted by molar-refractivity contribution is -0.139. The highest BCUT2D eigenvalue weighted by molar-refractivity contribution is 7.92. The number of para-hydroxylation sites is 2. The van der Waals surface area contributed by atoms with Gasteiger partial charge in [-0.05, 0) is 57.4 Å². The van der Waals surface area contributed by atoms with Crippen LogP contribution in [0.25, 0.3) is 0 Å². The molecular weight excluding hydrogens is 466 g/mol. The lowest BCUT2D eigenvalue weighted by atomic mass is 10.1. The maximum absolute atomic E-state index is 13.7. The van der Waals surface area contributed by atoms with Crippen LogP contribution < -0.4 is 14.4 Å². The minimum atomic E-state index is -3.83. The Morgan fingerprint density at radius 1 is 1.03 bits per heavy atom. The molecule has 35 heavy (non-hydrogen) atoms. The van der Waals surface area contributed by atoms with Gasteiger partial charge in [-0.15, -0.1) is 0 Å². The zero-order valence-corrected chi connectivity index (χ0v) is 22.3. The summed E-state index contributed by atoms with van der Waals surface area (Å²) in [7, 11) is -3.83. The Balaban J connectivity index is 2.45. The SMILES string of the molecule is CCOc1ccccc1N(CC(=O)N(Cc1ccccc1C)[C@@H](C)C(=O)N[C@H](C)CC)S(C)(=O)=O. The molecule has 0 aliphatic rings. The summed E-state index contributed by atoms with van der Waals surface area (Å²) in [6.45, 7) is 9.31. The number of rotatable bonds is 12. The number of carbonyl (C=O) groups is 2. The number of hydrogen-bond acceptors (Lipinski definition) is 5. The fourth-order valence-corrected chi connectivity index (χ4v) is 4.41. The summed E-state index contributed by atoms with van der Waals surface area (Å²) in [5.74, 6) is -0.417. The van der Waals surface area contributed by atoms with Crippen molar-refractivity contribution in [3.05, 3.63) is 59.7 Å². The summed E-state index contributed by atoms with van der Waals surface area (Å²) in [6.07, 6.45) is 1.80. The number of benzene rings is 2. The molecule has 0 unspecified atom stereocenters. The van der Waals surface area contributed by atoms with E-state index in [-0.39, 0.29) is 24.2 Å². The van der Waals surface area contributed by atoms with Crippen LogP contribution in [0.2, 0.25) is 0 Å². The average molecular weight is 504 g/mol. The highest BCUT2D eigenvalue weighted by Crippen LogP contribution is 2.30. The zero-order chi connectivity index (χ0) is 26.2. The highest BCUT2D eigenvalue weighted by Gasteiger charge is 2.31. The Hall–Kier alpha value is -3.07. The molecule has 8 nitrogen and oxygen atoms in total. The van der Waals surface area contributed by atoms with Gasteiger partial charge in [0.2, 0.25) is 21.8 Å². The van der Waals surface area contributed by atoms with Crippen LogP contribution >= 0.6 is 0 Å². The first-order valence-electron chi connectivity index (χ1n) is 11.8. The van der Waals surface area contributed by atoms with Gasteiger partial charge >= 0.3 is 0 Å². The van der Waals surface area contributed by atoms with E-state index in [0.29, 0.717) is 12.4 Å². The topological polar surface area (TPSA) is 96.0 Å². The van der Waals surface area contributed by atoms with Crippen LogP contribution in [0.1, 0.15) is 45.2 Å². The Bertz CT molecular complexity index is 1120. The van der Waals surface area contributed by atoms with E-state index >= 15 is 0 Å². The molecular formula is C26H37N3O5S. The molecule has 0 aliphatic carbocycles. The van der Waals surface area contributed by atoms with Crippen molar-refractivity contribution in [3.8, 4) is 5.75 Å². The van der Waals surface area contributed by atoms with E-state index in [2.05, 4.69) is 5.32 Å². The fourth-order valence-electron chi connectivity index (χ4n) is 3.55. The second kappa shape index (κ2) is 12.6. The quantitative estimate of drug-likeness (QED) is 0.478. The summed E-state index contributed by atoms with van der Waals surface area (Å²) >= 11 is 0. The summed E-state index contributed by atoms with van der Waals surface area (Å²) in [5.41, 5.74) is 2.13. The number of nitrogens with one attached hydrogen (secondary N) is 1. The fraction of sp³-hybridized carbons (Fsp3) is 0.462. The minimum Gasteiger partial charge on any atom is -0.492 e. The van der Waals surface area contributed by atoms with Gasteiger partial charge < -0.3 is 15.0 Å². The van der Waals surface area contributed by atoms with Gasteiger partial charge in [-0.1, -0.05) is 43.3 Å². The van der Waals surface area contributed by atoms with E-state index in [1.807, 2.05) is 45.0 Å². The van der Waals surface area contributed by atoms with Crippen molar-refractivity contribution in [1.82, 2.24) is 10.2 Å². The predicted molar refractivity (Wildman–Crippen MR) is 139 cm³/mol. The molecule has 2 aromatic rings. The highest BCUT2D eigenvalue weighted by atomic mass is 32.2. The van der Waals surface area contributed by atoms with Crippen LogP contribution in [0.3, 0.4) is 0 Å². The summed E-state index contributed by atoms with van der Waals surface area (Å²) < 4.78 is 32.2. The number of nitrogens with zero attached hydrogens (tertiary/aromatic N) is 2. The summed E-state index contributed by atoms with van der Waals surface area (Å²) in [6, 6.07) is 13.4. The van der Waals surface area contributed by atoms with Crippen molar-refractivity contribution in [3.63, 3.8) is 0 Å². The molecule has 0 heterocycles. The Morgan fingerprint density at radius 2 is 1.66 bits per heavy atom. The van der Waals surface area contributed by atoms with Gasteiger partial charge in [-0.2, -0.15) is 0 Å². The number of amides is 2. The molecule has 0 aliphatic heterocycles. The van der Waals surface area contributed by atoms with Gasteiger partial charge in [-0.3, -0.25) is 13.9 Å². The maximum atomic E-state index is 13.7. The first-order valence-corrected chi connectivity index (χ1v) is 13.7. The van der Waals surface area contributed by atoms with Crippen LogP contribution in [0.4, 0.5) is 5.69 Å². The Morgan fingerprint density at radius 3 is 2.26 bits per heavy atom. The van der Waals surface area contributed by atoms with Crippen molar-refractivity contribution >= 4 is 27.5 Å². The van der Waals surface area contributed by atoms with Gasteiger partial charge in [0.15, 0.2) is 0 Å². The number of aryl methyl sites for hydroxylation is 1. The van der Waals surface area contributed by atoms with E-state index in [1.54, 1.807) is 38.1 Å². The lowest BCUT2D eigenvalue weighted by Crippen LogP contribution is -2.52. The molecule has 0 saturated heterocycles. The van der Waals surface area contributed by atoms with Crippen molar-refractivity contribution in [1.29, 1.82) is 0 Å². The van der Waals surface area contributed by atoms with Crippen LogP contribution in [-0.2, 0) is 26.2 Å². The third-order valence-electron chi connectivity index (χ3n) is 5.88. The molecule has 0 radical (unpaired) electrons. The zero-order valence-electron chi connectivity index (χ0n) is 21.4. The molecule has 0 fully saturated rings. The predicted octanol–water partition coefficient (Wildman–Crippen LogP) is 3.49. The molecule has 2 atom stereocenters. The van der Waals surface area contributed by atoms with Crippen LogP contribution in [0.15, 0.2) is 48.5 Å². The first-order chi connectivity index (χ1) is 16.5. The minimum absolute atomic E-state index is 0.0500. The maximum Gasteiger partial charge on any atom is 0.244 e. The number of ether oxygens (including phenoxy) is 1. The van der Waals surface area contributed by atoms with E-state index in [9.17, 15) is 18.0 Å². The smallest absolute Gasteiger partial charge is 0.244 e. The summed E-state index contributed by atoms with van der Waals surface area (Å²) in [4.78, 5) is 28.1. The van der Waals surface area contributed by atoms with Crippen molar-refractivity contribution in [2.45, 2.75) is 59.7 Å². The number of anilines is 1. The van der Waals surface area contributed by atoms with E-state index in [1.165, 1.54) is 4.90 Å². The number of sulfonamides is 1. The molecule has 9 heteroatoms. The molecule has 0 spiro atoms. The van der Waals surface area contributed by atoms with E-state index in [0.717, 1.165) is 28.1 Å². The van der Waals surface area contributed by atoms with Gasteiger partial charge in [-0.25, -0.2) is 8.42 Å². The van der Waals surface area contributed by atoms with Crippen LogP contribution in [0, 0.1) is 6.92 Å². The molecule has 2 aromatic carbocycles. The molecule has 0 saturated carbocycles. The number of carbonyl (C=O) groups excluding carboxylic acids is 2. The molecule has 0 aromatic heterocycles. The second-order valence-corrected chi connectivity index (χ2v) is 10.5. The largest absolute Gasteiger partial charge is 0.492 e. The van der Waals surface area contributed by atoms with E-state index in [4.69, 9.17) is 4.74 Å². The normalized spacial score (nSPS) is 13.0. The van der Waals surface area contributed by atoms with Gasteiger partial charge in [0, 0.05) is 12.6 Å². The second-order valence-electron chi connectivity index (χ2n) is 8.61. The van der Waals surface area contributed by atoms with Gasteiger partial charge in [0.25, 0.3) is 0 Å². The van der Waals surface area contributed by atoms with Crippen LogP contribution in [0.5, 0.6) is 5.75 Å². The average Bonchev–Trinajstić information content (AvgIpc) is 2.81. The molecule has 2 rings (SSSR count). The lowest BCUT2D eigenvalue weighted by Gasteiger charge is -2.32.